The van der Waals surface area contributed by atoms with Gasteiger partial charge in [-0.2, -0.15) is 0 Å². The highest BCUT2D eigenvalue weighted by atomic mass is 16.3. The van der Waals surface area contributed by atoms with Crippen molar-refractivity contribution in [2.24, 2.45) is 5.18 Å². The van der Waals surface area contributed by atoms with Crippen LogP contribution in [-0.2, 0) is 11.7 Å². The maximum atomic E-state index is 10.2. The van der Waals surface area contributed by atoms with Crippen molar-refractivity contribution in [1.29, 1.82) is 0 Å². The van der Waals surface area contributed by atoms with Crippen LogP contribution in [0.4, 0.5) is 5.69 Å². The highest BCUT2D eigenvalue weighted by Crippen LogP contribution is 2.11. The third-order valence-corrected chi connectivity index (χ3v) is 1.21. The normalized spacial score (nSPS) is 9.30. The first-order chi connectivity index (χ1) is 4.86. The van der Waals surface area contributed by atoms with E-state index in [9.17, 15) is 10.0 Å². The number of nitroso groups, excluding NO2 is 1. The fraction of sp³-hybridized carbons (Fsp3) is 0.143. The fourth-order valence-corrected chi connectivity index (χ4v) is 0.653. The molecule has 0 unspecified atom stereocenters. The molecule has 0 aliphatic rings. The smallest absolute Gasteiger partial charge is 0.108 e. The van der Waals surface area contributed by atoms with Crippen LogP contribution >= 0.6 is 0 Å². The lowest BCUT2D eigenvalue weighted by Crippen LogP contribution is -1.77. The van der Waals surface area contributed by atoms with Gasteiger partial charge in [-0.15, -0.1) is 4.91 Å². The van der Waals surface area contributed by atoms with E-state index in [0.29, 0.717) is 11.3 Å². The van der Waals surface area contributed by atoms with Crippen LogP contribution in [0, 0.1) is 4.91 Å². The van der Waals surface area contributed by atoms with Crippen LogP contribution in [0.1, 0.15) is 5.56 Å². The van der Waals surface area contributed by atoms with Gasteiger partial charge in [0.15, 0.2) is 0 Å². The maximum Gasteiger partial charge on any atom is 0.108 e. The van der Waals surface area contributed by atoms with Gasteiger partial charge in [-0.25, -0.2) is 5.11 Å². The monoisotopic (exact) mass is 136 g/mol. The molecule has 1 aromatic carbocycles. The molecule has 1 radical (unpaired) electrons. The molecule has 0 heterocycles. The molecule has 1 rings (SSSR count). The lowest BCUT2D eigenvalue weighted by Gasteiger charge is -1.91. The molecule has 0 spiro atoms. The summed E-state index contributed by atoms with van der Waals surface area (Å²) in [6.45, 7) is -0.251. The Labute approximate surface area is 58.3 Å². The van der Waals surface area contributed by atoms with E-state index in [2.05, 4.69) is 5.18 Å². The van der Waals surface area contributed by atoms with Gasteiger partial charge in [-0.05, 0) is 22.9 Å². The standard InChI is InChI=1S/C7H6NO2/c9-5-6-1-3-7(8-10)4-2-6/h1-4H,5H2. The van der Waals surface area contributed by atoms with Crippen molar-refractivity contribution in [3.8, 4) is 0 Å². The van der Waals surface area contributed by atoms with Crippen LogP contribution in [-0.4, -0.2) is 0 Å². The van der Waals surface area contributed by atoms with Crippen LogP contribution in [0.3, 0.4) is 0 Å². The average Bonchev–Trinajstić information content (AvgIpc) is 2.05. The van der Waals surface area contributed by atoms with E-state index in [4.69, 9.17) is 0 Å². The molecule has 0 saturated carbocycles. The molecule has 1 aromatic rings. The lowest BCUT2D eigenvalue weighted by molar-refractivity contribution is 0.177. The highest BCUT2D eigenvalue weighted by molar-refractivity contribution is 5.38. The Hall–Kier alpha value is -1.22. The molecular formula is C7H6NO2. The van der Waals surface area contributed by atoms with E-state index in [1.807, 2.05) is 0 Å². The number of hydrogen-bond acceptors (Lipinski definition) is 2. The summed E-state index contributed by atoms with van der Waals surface area (Å²) in [5.74, 6) is 0. The average molecular weight is 136 g/mol. The molecule has 10 heavy (non-hydrogen) atoms. The van der Waals surface area contributed by atoms with Gasteiger partial charge in [0.1, 0.15) is 12.3 Å². The van der Waals surface area contributed by atoms with Crippen molar-refractivity contribution in [2.75, 3.05) is 0 Å². The minimum absolute atomic E-state index is 0.251. The van der Waals surface area contributed by atoms with Crippen molar-refractivity contribution in [3.63, 3.8) is 0 Å². The van der Waals surface area contributed by atoms with Crippen LogP contribution < -0.4 is 0 Å². The zero-order valence-corrected chi connectivity index (χ0v) is 5.28. The molecule has 0 N–H and O–H groups in total. The topological polar surface area (TPSA) is 49.3 Å². The molecule has 51 valence electrons. The zero-order chi connectivity index (χ0) is 7.40. The zero-order valence-electron chi connectivity index (χ0n) is 5.28. The van der Waals surface area contributed by atoms with Crippen LogP contribution in [0.25, 0.3) is 0 Å². The van der Waals surface area contributed by atoms with Gasteiger partial charge in [0.25, 0.3) is 0 Å². The van der Waals surface area contributed by atoms with Gasteiger partial charge < -0.3 is 0 Å². The molecule has 0 atom stereocenters. The minimum atomic E-state index is -0.251. The van der Waals surface area contributed by atoms with Gasteiger partial charge in [0.05, 0.1) is 0 Å². The fourth-order valence-electron chi connectivity index (χ4n) is 0.653. The summed E-state index contributed by atoms with van der Waals surface area (Å²) in [6, 6.07) is 6.26. The number of hydrogen-bond donors (Lipinski definition) is 0. The molecule has 0 aliphatic heterocycles. The second-order valence-corrected chi connectivity index (χ2v) is 1.90. The van der Waals surface area contributed by atoms with Gasteiger partial charge in [0.2, 0.25) is 0 Å². The summed E-state index contributed by atoms with van der Waals surface area (Å²) in [6.07, 6.45) is 0. The van der Waals surface area contributed by atoms with E-state index >= 15 is 0 Å². The van der Waals surface area contributed by atoms with Crippen molar-refractivity contribution in [2.45, 2.75) is 6.61 Å². The van der Waals surface area contributed by atoms with E-state index in [1.54, 1.807) is 12.1 Å². The summed E-state index contributed by atoms with van der Waals surface area (Å²) < 4.78 is 0. The van der Waals surface area contributed by atoms with Gasteiger partial charge in [-0.1, -0.05) is 12.1 Å². The Morgan fingerprint density at radius 3 is 2.20 bits per heavy atom. The largest absolute Gasteiger partial charge is 0.232 e. The van der Waals surface area contributed by atoms with Crippen LogP contribution in [0.5, 0.6) is 0 Å². The van der Waals surface area contributed by atoms with Gasteiger partial charge in [-0.3, -0.25) is 0 Å². The van der Waals surface area contributed by atoms with Crippen LogP contribution in [0.15, 0.2) is 29.4 Å². The van der Waals surface area contributed by atoms with Gasteiger partial charge >= 0.3 is 0 Å². The van der Waals surface area contributed by atoms with E-state index in [-0.39, 0.29) is 6.61 Å². The second kappa shape index (κ2) is 3.08. The van der Waals surface area contributed by atoms with E-state index < -0.39 is 0 Å². The Balaban J connectivity index is 2.90. The molecule has 0 fully saturated rings. The van der Waals surface area contributed by atoms with Gasteiger partial charge in [0, 0.05) is 0 Å². The van der Waals surface area contributed by atoms with E-state index in [1.165, 1.54) is 12.1 Å². The third kappa shape index (κ3) is 1.39. The summed E-state index contributed by atoms with van der Waals surface area (Å²) in [4.78, 5) is 9.88. The lowest BCUT2D eigenvalue weighted by atomic mass is 10.2. The molecule has 0 aliphatic carbocycles. The molecule has 3 nitrogen and oxygen atoms in total. The summed E-state index contributed by atoms with van der Waals surface area (Å²) in [5.41, 5.74) is 1.03. The first-order valence-electron chi connectivity index (χ1n) is 2.87. The summed E-state index contributed by atoms with van der Waals surface area (Å²) in [5, 5.41) is 12.9. The minimum Gasteiger partial charge on any atom is -0.232 e. The Morgan fingerprint density at radius 2 is 1.80 bits per heavy atom. The Kier molecular flexibility index (Phi) is 2.12. The molecule has 0 bridgehead atoms. The Bertz CT molecular complexity index is 218. The first-order valence-corrected chi connectivity index (χ1v) is 2.87. The molecular weight excluding hydrogens is 130 g/mol. The quantitative estimate of drug-likeness (QED) is 0.573. The summed E-state index contributed by atoms with van der Waals surface area (Å²) in [7, 11) is 0. The summed E-state index contributed by atoms with van der Waals surface area (Å²) >= 11 is 0. The van der Waals surface area contributed by atoms with Crippen molar-refractivity contribution >= 4 is 5.69 Å². The SMILES string of the molecule is [O]Cc1ccc(N=O)cc1. The van der Waals surface area contributed by atoms with E-state index in [0.717, 1.165) is 0 Å². The van der Waals surface area contributed by atoms with Crippen LogP contribution in [0.2, 0.25) is 0 Å². The maximum absolute atomic E-state index is 10.2. The van der Waals surface area contributed by atoms with Crippen molar-refractivity contribution in [3.05, 3.63) is 34.7 Å². The Morgan fingerprint density at radius 1 is 1.20 bits per heavy atom. The predicted molar refractivity (Wildman–Crippen MR) is 36.3 cm³/mol. The van der Waals surface area contributed by atoms with Crippen molar-refractivity contribution < 1.29 is 5.11 Å². The second-order valence-electron chi connectivity index (χ2n) is 1.90. The first kappa shape index (κ1) is 6.89. The number of nitrogens with zero attached hydrogens (tertiary/aromatic N) is 1. The number of rotatable bonds is 2. The molecule has 0 saturated heterocycles. The molecule has 0 aromatic heterocycles. The highest BCUT2D eigenvalue weighted by Gasteiger charge is 1.91. The molecule has 3 heteroatoms. The van der Waals surface area contributed by atoms with Crippen molar-refractivity contribution in [1.82, 2.24) is 0 Å². The number of benzene rings is 1. The predicted octanol–water partition coefficient (Wildman–Crippen LogP) is 2.01. The third-order valence-electron chi connectivity index (χ3n) is 1.21. The molecule has 0 amide bonds.